The number of halogens is 5. The molecule has 0 saturated carbocycles. The van der Waals surface area contributed by atoms with Gasteiger partial charge in [0.05, 0.1) is 40.8 Å². The van der Waals surface area contributed by atoms with E-state index >= 15 is 4.39 Å². The Morgan fingerprint density at radius 1 is 1.05 bits per heavy atom. The van der Waals surface area contributed by atoms with E-state index in [1.54, 1.807) is 30.5 Å². The Kier molecular flexibility index (Phi) is 8.43. The standard InChI is InChI=1S/C27H20Cl2F3N7O3/c28-19-6-8-22(38-14-23(29)35-36-38)24(25(19)30)17-5-7-21(39(41)13-17)20(9-10-42-27(31)32)37-12-18(11-34-37)15-1-3-16(4-2-15)26(33)40/h1-8,11-14,20,27H,9-10H2,(H2,33,40)/t20-/m0/s1. The Hall–Kier alpha value is -4.46. The van der Waals surface area contributed by atoms with Gasteiger partial charge in [0.1, 0.15) is 6.04 Å². The molecule has 15 heteroatoms. The number of nitrogens with two attached hydrogens (primary N) is 1. The van der Waals surface area contributed by atoms with Gasteiger partial charge in [0.25, 0.3) is 0 Å². The molecule has 3 aromatic heterocycles. The van der Waals surface area contributed by atoms with E-state index in [0.717, 1.165) is 6.20 Å². The largest absolute Gasteiger partial charge is 0.618 e. The number of hydrogen-bond donors (Lipinski definition) is 1. The van der Waals surface area contributed by atoms with Gasteiger partial charge in [0.2, 0.25) is 11.6 Å². The van der Waals surface area contributed by atoms with Crippen molar-refractivity contribution in [1.82, 2.24) is 24.8 Å². The first-order valence-corrected chi connectivity index (χ1v) is 13.0. The van der Waals surface area contributed by atoms with E-state index in [1.807, 2.05) is 0 Å². The quantitative estimate of drug-likeness (QED) is 0.170. The number of aromatic nitrogens is 6. The van der Waals surface area contributed by atoms with Crippen LogP contribution in [0.3, 0.4) is 0 Å². The topological polar surface area (TPSA) is 128 Å². The minimum absolute atomic E-state index is 0.0291. The lowest BCUT2D eigenvalue weighted by atomic mass is 10.0. The molecule has 2 N–H and O–H groups in total. The van der Waals surface area contributed by atoms with E-state index in [9.17, 15) is 18.8 Å². The van der Waals surface area contributed by atoms with Crippen LogP contribution in [0.2, 0.25) is 10.2 Å². The summed E-state index contributed by atoms with van der Waals surface area (Å²) in [6.45, 7) is -3.38. The maximum atomic E-state index is 15.3. The Morgan fingerprint density at radius 2 is 1.79 bits per heavy atom. The second-order valence-corrected chi connectivity index (χ2v) is 9.79. The van der Waals surface area contributed by atoms with Gasteiger partial charge in [-0.25, -0.2) is 9.07 Å². The van der Waals surface area contributed by atoms with E-state index in [-0.39, 0.29) is 45.7 Å². The third-order valence-electron chi connectivity index (χ3n) is 6.42. The Balaban J connectivity index is 1.53. The van der Waals surface area contributed by atoms with E-state index in [2.05, 4.69) is 20.1 Å². The average Bonchev–Trinajstić information content (AvgIpc) is 3.62. The third kappa shape index (κ3) is 6.08. The minimum atomic E-state index is -3.00. The molecule has 0 bridgehead atoms. The molecule has 0 unspecified atom stereocenters. The van der Waals surface area contributed by atoms with E-state index in [0.29, 0.717) is 21.4 Å². The van der Waals surface area contributed by atoms with Crippen molar-refractivity contribution in [3.63, 3.8) is 0 Å². The van der Waals surface area contributed by atoms with Crippen molar-refractivity contribution in [1.29, 1.82) is 0 Å². The monoisotopic (exact) mass is 617 g/mol. The smallest absolute Gasteiger partial charge is 0.345 e. The summed E-state index contributed by atoms with van der Waals surface area (Å²) in [4.78, 5) is 11.4. The lowest BCUT2D eigenvalue weighted by Crippen LogP contribution is -2.36. The fraction of sp³-hybridized carbons (Fsp3) is 0.148. The number of pyridine rings is 1. The maximum Gasteiger partial charge on any atom is 0.345 e. The zero-order valence-electron chi connectivity index (χ0n) is 21.4. The Bertz CT molecular complexity index is 1750. The third-order valence-corrected chi connectivity index (χ3v) is 6.88. The summed E-state index contributed by atoms with van der Waals surface area (Å²) in [6.07, 6.45) is 5.62. The second-order valence-electron chi connectivity index (χ2n) is 9.00. The normalized spacial score (nSPS) is 12.1. The molecule has 0 saturated heterocycles. The summed E-state index contributed by atoms with van der Waals surface area (Å²) in [5.41, 5.74) is 7.46. The van der Waals surface area contributed by atoms with Crippen LogP contribution in [0, 0.1) is 11.0 Å². The van der Waals surface area contributed by atoms with Gasteiger partial charge in [-0.1, -0.05) is 40.5 Å². The molecule has 0 fully saturated rings. The zero-order chi connectivity index (χ0) is 30.0. The van der Waals surface area contributed by atoms with E-state index in [4.69, 9.17) is 28.9 Å². The average molecular weight is 618 g/mol. The fourth-order valence-corrected chi connectivity index (χ4v) is 4.72. The number of carbonyl (C=O) groups is 1. The molecule has 1 amide bonds. The van der Waals surface area contributed by atoms with Gasteiger partial charge in [0, 0.05) is 29.8 Å². The SMILES string of the molecule is NC(=O)c1ccc(-c2cnn([C@@H](CCOC(F)F)c3ccc(-c4c(-n5cc(Cl)nn5)ccc(Cl)c4F)c[n+]3[O-])c2)cc1. The highest BCUT2D eigenvalue weighted by Crippen LogP contribution is 2.34. The predicted octanol–water partition coefficient (Wildman–Crippen LogP) is 5.19. The van der Waals surface area contributed by atoms with Crippen molar-refractivity contribution in [2.24, 2.45) is 5.73 Å². The number of nitrogens with zero attached hydrogens (tertiary/aromatic N) is 6. The molecular weight excluding hydrogens is 598 g/mol. The van der Waals surface area contributed by atoms with Crippen LogP contribution in [0.4, 0.5) is 13.2 Å². The molecular formula is C27H20Cl2F3N7O3. The van der Waals surface area contributed by atoms with Gasteiger partial charge < -0.3 is 15.7 Å². The lowest BCUT2D eigenvalue weighted by Gasteiger charge is -2.18. The van der Waals surface area contributed by atoms with Gasteiger partial charge in [0.15, 0.2) is 17.2 Å². The van der Waals surface area contributed by atoms with Crippen LogP contribution in [-0.4, -0.2) is 43.9 Å². The molecule has 3 heterocycles. The van der Waals surface area contributed by atoms with Crippen molar-refractivity contribution in [3.05, 3.63) is 106 Å². The van der Waals surface area contributed by atoms with Crippen molar-refractivity contribution in [2.75, 3.05) is 6.61 Å². The van der Waals surface area contributed by atoms with Crippen molar-refractivity contribution < 1.29 is 27.4 Å². The van der Waals surface area contributed by atoms with Crippen LogP contribution in [0.15, 0.2) is 73.3 Å². The zero-order valence-corrected chi connectivity index (χ0v) is 22.9. The second kappa shape index (κ2) is 12.2. The van der Waals surface area contributed by atoms with Gasteiger partial charge in [-0.05, 0) is 35.9 Å². The van der Waals surface area contributed by atoms with E-state index < -0.39 is 24.4 Å². The number of primary amides is 1. The first kappa shape index (κ1) is 29.0. The molecule has 0 aliphatic rings. The maximum absolute atomic E-state index is 15.3. The summed E-state index contributed by atoms with van der Waals surface area (Å²) in [7, 11) is 0. The molecule has 5 rings (SSSR count). The summed E-state index contributed by atoms with van der Waals surface area (Å²) in [6, 6.07) is 11.4. The molecule has 0 aliphatic heterocycles. The van der Waals surface area contributed by atoms with Crippen LogP contribution in [0.5, 0.6) is 0 Å². The fourth-order valence-electron chi connectivity index (χ4n) is 4.43. The molecule has 0 radical (unpaired) electrons. The molecule has 42 heavy (non-hydrogen) atoms. The summed E-state index contributed by atoms with van der Waals surface area (Å²) in [5.74, 6) is -1.37. The first-order valence-electron chi connectivity index (χ1n) is 12.3. The number of alkyl halides is 2. The van der Waals surface area contributed by atoms with Gasteiger partial charge in [-0.15, -0.1) is 5.10 Å². The minimum Gasteiger partial charge on any atom is -0.618 e. The molecule has 1 atom stereocenters. The van der Waals surface area contributed by atoms with Gasteiger partial charge in [-0.3, -0.25) is 9.48 Å². The number of benzene rings is 2. The van der Waals surface area contributed by atoms with Crippen LogP contribution in [0.1, 0.15) is 28.5 Å². The van der Waals surface area contributed by atoms with Crippen LogP contribution in [-0.2, 0) is 4.74 Å². The van der Waals surface area contributed by atoms with Crippen LogP contribution in [0.25, 0.3) is 27.9 Å². The molecule has 2 aromatic carbocycles. The molecule has 0 aliphatic carbocycles. The Labute approximate surface area is 246 Å². The number of ether oxygens (including phenoxy) is 1. The van der Waals surface area contributed by atoms with Crippen LogP contribution < -0.4 is 10.5 Å². The molecule has 216 valence electrons. The summed E-state index contributed by atoms with van der Waals surface area (Å²) in [5, 5.41) is 25.2. The number of hydrogen-bond acceptors (Lipinski definition) is 6. The van der Waals surface area contributed by atoms with Crippen molar-refractivity contribution >= 4 is 29.1 Å². The van der Waals surface area contributed by atoms with Crippen molar-refractivity contribution in [3.8, 4) is 27.9 Å². The van der Waals surface area contributed by atoms with E-state index in [1.165, 1.54) is 46.0 Å². The number of rotatable bonds is 10. The summed E-state index contributed by atoms with van der Waals surface area (Å²) < 4.78 is 48.5. The molecule has 0 spiro atoms. The molecule has 5 aromatic rings. The van der Waals surface area contributed by atoms with Crippen molar-refractivity contribution in [2.45, 2.75) is 19.1 Å². The lowest BCUT2D eigenvalue weighted by molar-refractivity contribution is -0.615. The highest BCUT2D eigenvalue weighted by Gasteiger charge is 2.26. The number of amides is 1. The first-order chi connectivity index (χ1) is 20.1. The Morgan fingerprint density at radius 3 is 2.43 bits per heavy atom. The highest BCUT2D eigenvalue weighted by molar-refractivity contribution is 6.31. The number of carbonyl (C=O) groups excluding carboxylic acids is 1. The molecule has 10 nitrogen and oxygen atoms in total. The predicted molar refractivity (Wildman–Crippen MR) is 147 cm³/mol. The van der Waals surface area contributed by atoms with Gasteiger partial charge >= 0.3 is 6.61 Å². The summed E-state index contributed by atoms with van der Waals surface area (Å²) >= 11 is 11.9. The van der Waals surface area contributed by atoms with Gasteiger partial charge in [-0.2, -0.15) is 18.6 Å². The van der Waals surface area contributed by atoms with Crippen LogP contribution >= 0.6 is 23.2 Å². The highest BCUT2D eigenvalue weighted by atomic mass is 35.5.